The molecule has 0 aliphatic carbocycles. The molecule has 33 heavy (non-hydrogen) atoms. The quantitative estimate of drug-likeness (QED) is 0.401. The fourth-order valence-corrected chi connectivity index (χ4v) is 4.63. The van der Waals surface area contributed by atoms with Crippen LogP contribution in [0.5, 0.6) is 0 Å². The van der Waals surface area contributed by atoms with Gasteiger partial charge in [0.15, 0.2) is 0 Å². The van der Waals surface area contributed by atoms with Gasteiger partial charge < -0.3 is 10.4 Å². The van der Waals surface area contributed by atoms with Gasteiger partial charge in [-0.05, 0) is 65.4 Å². The van der Waals surface area contributed by atoms with Gasteiger partial charge in [-0.25, -0.2) is 0 Å². The van der Waals surface area contributed by atoms with Gasteiger partial charge >= 0.3 is 12.4 Å². The first-order chi connectivity index (χ1) is 15.3. The summed E-state index contributed by atoms with van der Waals surface area (Å²) in [6.45, 7) is 1.27. The van der Waals surface area contributed by atoms with E-state index < -0.39 is 41.5 Å². The van der Waals surface area contributed by atoms with E-state index in [-0.39, 0.29) is 30.9 Å². The van der Waals surface area contributed by atoms with Crippen LogP contribution >= 0.6 is 11.3 Å². The van der Waals surface area contributed by atoms with Crippen LogP contribution in [0, 0.1) is 0 Å². The van der Waals surface area contributed by atoms with Gasteiger partial charge in [0.1, 0.15) is 0 Å². The molecule has 1 heterocycles. The molecular weight excluding hydrogens is 468 g/mol. The zero-order valence-electron chi connectivity index (χ0n) is 17.4. The number of thiophene rings is 1. The smallest absolute Gasteiger partial charge is 0.391 e. The number of hydrogen-bond donors (Lipinski definition) is 2. The highest BCUT2D eigenvalue weighted by Crippen LogP contribution is 2.36. The van der Waals surface area contributed by atoms with Gasteiger partial charge in [-0.3, -0.25) is 4.79 Å². The van der Waals surface area contributed by atoms with E-state index in [1.807, 2.05) is 29.6 Å². The van der Waals surface area contributed by atoms with E-state index in [9.17, 15) is 36.2 Å². The summed E-state index contributed by atoms with van der Waals surface area (Å²) in [6, 6.07) is 8.19. The summed E-state index contributed by atoms with van der Waals surface area (Å²) < 4.78 is 79.5. The summed E-state index contributed by atoms with van der Waals surface area (Å²) >= 11 is 1.50. The van der Waals surface area contributed by atoms with Crippen LogP contribution in [0.2, 0.25) is 0 Å². The number of aryl methyl sites for hydroxylation is 1. The molecule has 0 saturated heterocycles. The number of alkyl halides is 6. The Labute approximate surface area is 190 Å². The van der Waals surface area contributed by atoms with Crippen LogP contribution in [0.15, 0.2) is 47.8 Å². The molecule has 3 rings (SSSR count). The van der Waals surface area contributed by atoms with Crippen LogP contribution in [-0.4, -0.2) is 23.2 Å². The van der Waals surface area contributed by atoms with Crippen LogP contribution in [0.3, 0.4) is 0 Å². The van der Waals surface area contributed by atoms with E-state index in [0.717, 1.165) is 15.6 Å². The van der Waals surface area contributed by atoms with Crippen molar-refractivity contribution in [2.45, 2.75) is 50.7 Å². The number of hydrogen-bond acceptors (Lipinski definition) is 3. The minimum absolute atomic E-state index is 0.0711. The number of carbonyl (C=O) groups excluding carboxylic acids is 1. The van der Waals surface area contributed by atoms with Crippen LogP contribution in [0.4, 0.5) is 26.3 Å². The molecule has 0 aliphatic rings. The molecule has 2 aromatic carbocycles. The van der Waals surface area contributed by atoms with Gasteiger partial charge in [0.05, 0.1) is 23.3 Å². The first-order valence-electron chi connectivity index (χ1n) is 10.0. The van der Waals surface area contributed by atoms with Crippen LogP contribution in [-0.2, 0) is 30.0 Å². The predicted octanol–water partition coefficient (Wildman–Crippen LogP) is 5.98. The molecule has 10 heteroatoms. The van der Waals surface area contributed by atoms with Gasteiger partial charge in [0.2, 0.25) is 5.91 Å². The van der Waals surface area contributed by atoms with Crippen molar-refractivity contribution in [1.29, 1.82) is 0 Å². The average molecular weight is 489 g/mol. The lowest BCUT2D eigenvalue weighted by atomic mass is 9.94. The Balaban J connectivity index is 1.80. The van der Waals surface area contributed by atoms with Gasteiger partial charge in [-0.15, -0.1) is 11.3 Å². The van der Waals surface area contributed by atoms with E-state index in [1.165, 1.54) is 18.3 Å². The lowest BCUT2D eigenvalue weighted by molar-refractivity contribution is -0.143. The maximum absolute atomic E-state index is 13.1. The van der Waals surface area contributed by atoms with Crippen molar-refractivity contribution in [3.05, 3.63) is 70.1 Å². The maximum atomic E-state index is 13.1. The van der Waals surface area contributed by atoms with E-state index in [2.05, 4.69) is 5.32 Å². The highest BCUT2D eigenvalue weighted by atomic mass is 32.1. The summed E-state index contributed by atoms with van der Waals surface area (Å²) in [7, 11) is 0. The van der Waals surface area contributed by atoms with Gasteiger partial charge in [-0.1, -0.05) is 18.2 Å². The summed E-state index contributed by atoms with van der Waals surface area (Å²) in [4.78, 5) is 11.7. The molecular formula is C23H21F6NO2S. The maximum Gasteiger partial charge on any atom is 0.416 e. The van der Waals surface area contributed by atoms with Crippen LogP contribution in [0.1, 0.15) is 35.6 Å². The second kappa shape index (κ2) is 9.72. The molecule has 178 valence electrons. The molecule has 2 unspecified atom stereocenters. The Morgan fingerprint density at radius 1 is 1.03 bits per heavy atom. The van der Waals surface area contributed by atoms with E-state index in [4.69, 9.17) is 0 Å². The topological polar surface area (TPSA) is 49.3 Å². The molecule has 1 amide bonds. The Morgan fingerprint density at radius 3 is 2.21 bits per heavy atom. The number of aliphatic hydroxyl groups is 1. The first kappa shape index (κ1) is 25.0. The lowest BCUT2D eigenvalue weighted by Crippen LogP contribution is -2.44. The number of rotatable bonds is 7. The zero-order chi connectivity index (χ0) is 24.4. The highest BCUT2D eigenvalue weighted by Gasteiger charge is 2.37. The van der Waals surface area contributed by atoms with Gasteiger partial charge in [0.25, 0.3) is 0 Å². The molecule has 0 spiro atoms. The Bertz CT molecular complexity index is 1090. The van der Waals surface area contributed by atoms with Crippen molar-refractivity contribution in [3.63, 3.8) is 0 Å². The molecule has 3 aromatic rings. The molecule has 3 nitrogen and oxygen atoms in total. The zero-order valence-corrected chi connectivity index (χ0v) is 18.2. The monoisotopic (exact) mass is 489 g/mol. The van der Waals surface area contributed by atoms with Crippen LogP contribution in [0.25, 0.3) is 10.1 Å². The minimum atomic E-state index is -4.94. The normalized spacial score (nSPS) is 14.3. The number of nitrogens with one attached hydrogen (secondary N) is 1. The van der Waals surface area contributed by atoms with Gasteiger partial charge in [-0.2, -0.15) is 26.3 Å². The SMILES string of the molecule is CC(=O)NC(Cc1csc2ccccc12)C(O)CCc1cc(C(F)(F)F)cc(C(F)(F)F)c1. The van der Waals surface area contributed by atoms with Crippen molar-refractivity contribution in [3.8, 4) is 0 Å². The minimum Gasteiger partial charge on any atom is -0.391 e. The second-order valence-electron chi connectivity index (χ2n) is 7.79. The average Bonchev–Trinajstić information content (AvgIpc) is 3.12. The van der Waals surface area contributed by atoms with Crippen molar-refractivity contribution in [1.82, 2.24) is 5.32 Å². The molecule has 0 fully saturated rings. The largest absolute Gasteiger partial charge is 0.416 e. The first-order valence-corrected chi connectivity index (χ1v) is 10.9. The summed E-state index contributed by atoms with van der Waals surface area (Å²) in [5.41, 5.74) is -2.11. The molecule has 2 atom stereocenters. The summed E-state index contributed by atoms with van der Waals surface area (Å²) in [5, 5.41) is 16.2. The van der Waals surface area contributed by atoms with Crippen molar-refractivity contribution >= 4 is 27.3 Å². The molecule has 0 bridgehead atoms. The van der Waals surface area contributed by atoms with Crippen molar-refractivity contribution in [2.75, 3.05) is 0 Å². The molecule has 0 saturated carbocycles. The lowest BCUT2D eigenvalue weighted by Gasteiger charge is -2.24. The second-order valence-corrected chi connectivity index (χ2v) is 8.70. The van der Waals surface area contributed by atoms with Crippen LogP contribution < -0.4 is 5.32 Å². The van der Waals surface area contributed by atoms with Crippen molar-refractivity contribution < 1.29 is 36.2 Å². The Hall–Kier alpha value is -2.59. The molecule has 1 aromatic heterocycles. The molecule has 0 radical (unpaired) electrons. The Morgan fingerprint density at radius 2 is 1.64 bits per heavy atom. The standard InChI is InChI=1S/C23H21F6NO2S/c1-13(31)30-19(10-15-12-33-21-5-3-2-4-18(15)21)20(32)7-6-14-8-16(22(24,25)26)11-17(9-14)23(27,28)29/h2-5,8-9,11-12,19-20,32H,6-7,10H2,1H3,(H,30,31). The fraction of sp³-hybridized carbons (Fsp3) is 0.348. The number of halogens is 6. The highest BCUT2D eigenvalue weighted by molar-refractivity contribution is 7.17. The fourth-order valence-electron chi connectivity index (χ4n) is 3.65. The van der Waals surface area contributed by atoms with E-state index in [1.54, 1.807) is 0 Å². The molecule has 0 aliphatic heterocycles. The predicted molar refractivity (Wildman–Crippen MR) is 114 cm³/mol. The third-order valence-electron chi connectivity index (χ3n) is 5.23. The third-order valence-corrected chi connectivity index (χ3v) is 6.24. The Kier molecular flexibility index (Phi) is 7.38. The third kappa shape index (κ3) is 6.48. The number of carbonyl (C=O) groups is 1. The van der Waals surface area contributed by atoms with Crippen molar-refractivity contribution in [2.24, 2.45) is 0 Å². The van der Waals surface area contributed by atoms with E-state index in [0.29, 0.717) is 12.1 Å². The summed E-state index contributed by atoms with van der Waals surface area (Å²) in [6.07, 6.45) is -11.2. The number of fused-ring (bicyclic) bond motifs is 1. The molecule has 2 N–H and O–H groups in total. The van der Waals surface area contributed by atoms with E-state index >= 15 is 0 Å². The number of aliphatic hydroxyl groups excluding tert-OH is 1. The number of benzene rings is 2. The summed E-state index contributed by atoms with van der Waals surface area (Å²) in [5.74, 6) is -0.406. The van der Waals surface area contributed by atoms with Gasteiger partial charge in [0, 0.05) is 11.6 Å². The number of amides is 1.